The van der Waals surface area contributed by atoms with Crippen LogP contribution < -0.4 is 15.4 Å². The first-order valence-corrected chi connectivity index (χ1v) is 12.2. The minimum Gasteiger partial charge on any atom is -0.492 e. The minimum absolute atomic E-state index is 0.00724. The second-order valence-corrected chi connectivity index (χ2v) is 9.60. The van der Waals surface area contributed by atoms with Crippen LogP contribution in [-0.4, -0.2) is 47.0 Å². The quantitative estimate of drug-likeness (QED) is 0.399. The molecule has 0 unspecified atom stereocenters. The number of carbonyl (C=O) groups is 1. The summed E-state index contributed by atoms with van der Waals surface area (Å²) in [6, 6.07) is 7.88. The number of hydrogen-bond donors (Lipinski definition) is 2. The molecule has 2 N–H and O–H groups in total. The average molecular weight is 496 g/mol. The molecule has 0 radical (unpaired) electrons. The maximum Gasteiger partial charge on any atom is 0.248 e. The van der Waals surface area contributed by atoms with Crippen molar-refractivity contribution in [3.05, 3.63) is 59.7 Å². The van der Waals surface area contributed by atoms with Crippen LogP contribution >= 0.6 is 11.6 Å². The summed E-state index contributed by atoms with van der Waals surface area (Å²) >= 11 is 5.91. The summed E-state index contributed by atoms with van der Waals surface area (Å²) in [7, 11) is 0. The Hall–Kier alpha value is -3.23. The fourth-order valence-corrected chi connectivity index (χ4v) is 4.95. The Kier molecular flexibility index (Phi) is 6.58. The lowest BCUT2D eigenvalue weighted by Crippen LogP contribution is -2.59. The zero-order valence-electron chi connectivity index (χ0n) is 19.5. The van der Waals surface area contributed by atoms with Gasteiger partial charge in [0.25, 0.3) is 0 Å². The van der Waals surface area contributed by atoms with Crippen LogP contribution in [0.5, 0.6) is 5.75 Å². The highest BCUT2D eigenvalue weighted by molar-refractivity contribution is 6.31. The summed E-state index contributed by atoms with van der Waals surface area (Å²) < 4.78 is 19.3. The second kappa shape index (κ2) is 9.79. The van der Waals surface area contributed by atoms with Crippen molar-refractivity contribution < 1.29 is 13.9 Å². The van der Waals surface area contributed by atoms with E-state index in [-0.39, 0.29) is 10.9 Å². The molecule has 1 spiro atoms. The fraction of sp³-hybridized carbons (Fsp3) is 0.346. The number of aromatic nitrogens is 2. The molecule has 2 aliphatic rings. The topological polar surface area (TPSA) is 79.4 Å². The molecule has 1 aliphatic heterocycles. The number of halogens is 2. The van der Waals surface area contributed by atoms with E-state index in [1.165, 1.54) is 37.7 Å². The van der Waals surface area contributed by atoms with Gasteiger partial charge < -0.3 is 15.4 Å². The number of hydrogen-bond acceptors (Lipinski definition) is 6. The van der Waals surface area contributed by atoms with E-state index in [4.69, 9.17) is 16.3 Å². The van der Waals surface area contributed by atoms with Crippen LogP contribution in [0, 0.1) is 11.2 Å². The molecule has 3 aromatic rings. The molecule has 1 saturated carbocycles. The van der Waals surface area contributed by atoms with Gasteiger partial charge in [0, 0.05) is 42.9 Å². The Morgan fingerprint density at radius 3 is 2.80 bits per heavy atom. The Morgan fingerprint density at radius 2 is 2.09 bits per heavy atom. The van der Waals surface area contributed by atoms with E-state index in [1.807, 2.05) is 13.0 Å². The maximum absolute atomic E-state index is 13.5. The monoisotopic (exact) mass is 495 g/mol. The molecule has 7 nitrogen and oxygen atoms in total. The van der Waals surface area contributed by atoms with E-state index in [0.29, 0.717) is 45.9 Å². The molecule has 1 aromatic heterocycles. The number of ether oxygens (including phenoxy) is 1. The molecular formula is C26H27ClFN5O2. The molecule has 2 fully saturated rings. The van der Waals surface area contributed by atoms with Crippen molar-refractivity contribution in [2.45, 2.75) is 26.2 Å². The third-order valence-electron chi connectivity index (χ3n) is 6.64. The Labute approximate surface area is 208 Å². The van der Waals surface area contributed by atoms with E-state index in [0.717, 1.165) is 19.6 Å². The van der Waals surface area contributed by atoms with Gasteiger partial charge in [-0.1, -0.05) is 24.1 Å². The van der Waals surface area contributed by atoms with Crippen LogP contribution in [0.1, 0.15) is 26.2 Å². The molecule has 5 rings (SSSR count). The smallest absolute Gasteiger partial charge is 0.248 e. The van der Waals surface area contributed by atoms with Gasteiger partial charge >= 0.3 is 0 Å². The molecular weight excluding hydrogens is 469 g/mol. The number of nitrogens with zero attached hydrogens (tertiary/aromatic N) is 3. The van der Waals surface area contributed by atoms with Crippen molar-refractivity contribution in [3.63, 3.8) is 0 Å². The standard InChI is InChI=1S/C26H27ClFN5O2/c1-2-35-23-13-21-18(25(30-16-29-21)31-17-6-7-20(28)19(27)11-17)12-22(23)32-24(34)5-3-10-33-14-26(15-33)8-4-9-26/h3,5-7,11-13,16H,2,4,8-10,14-15H2,1H3,(H,32,34)(H,29,30,31)/b5-3+. The summed E-state index contributed by atoms with van der Waals surface area (Å²) in [5.41, 5.74) is 2.30. The van der Waals surface area contributed by atoms with E-state index in [9.17, 15) is 9.18 Å². The minimum atomic E-state index is -0.499. The summed E-state index contributed by atoms with van der Waals surface area (Å²) in [6.07, 6.45) is 8.91. The van der Waals surface area contributed by atoms with Crippen molar-refractivity contribution in [3.8, 4) is 5.75 Å². The summed E-state index contributed by atoms with van der Waals surface area (Å²) in [4.78, 5) is 23.7. The first kappa shape index (κ1) is 23.5. The van der Waals surface area contributed by atoms with Crippen molar-refractivity contribution >= 4 is 45.6 Å². The van der Waals surface area contributed by atoms with Crippen LogP contribution in [0.15, 0.2) is 48.8 Å². The predicted octanol–water partition coefficient (Wildman–Crippen LogP) is 5.55. The molecule has 182 valence electrons. The molecule has 1 amide bonds. The number of likely N-dealkylation sites (tertiary alicyclic amines) is 1. The highest BCUT2D eigenvalue weighted by Crippen LogP contribution is 2.47. The number of nitrogens with one attached hydrogen (secondary N) is 2. The normalized spacial score (nSPS) is 16.8. The third-order valence-corrected chi connectivity index (χ3v) is 6.93. The van der Waals surface area contributed by atoms with Crippen molar-refractivity contribution in [1.82, 2.24) is 14.9 Å². The second-order valence-electron chi connectivity index (χ2n) is 9.19. The molecule has 1 aliphatic carbocycles. The average Bonchev–Trinajstić information content (AvgIpc) is 2.77. The number of rotatable bonds is 8. The van der Waals surface area contributed by atoms with Gasteiger partial charge in [-0.05, 0) is 49.4 Å². The number of amides is 1. The number of benzene rings is 2. The van der Waals surface area contributed by atoms with Gasteiger partial charge in [0.2, 0.25) is 5.91 Å². The van der Waals surface area contributed by atoms with Crippen molar-refractivity contribution in [2.75, 3.05) is 36.9 Å². The number of carbonyl (C=O) groups excluding carboxylic acids is 1. The highest BCUT2D eigenvalue weighted by Gasteiger charge is 2.46. The molecule has 0 bridgehead atoms. The first-order valence-electron chi connectivity index (χ1n) is 11.8. The zero-order valence-corrected chi connectivity index (χ0v) is 20.2. The van der Waals surface area contributed by atoms with Crippen LogP contribution in [-0.2, 0) is 4.79 Å². The van der Waals surface area contributed by atoms with Gasteiger partial charge in [-0.3, -0.25) is 9.69 Å². The zero-order chi connectivity index (χ0) is 24.4. The number of anilines is 3. The molecule has 2 aromatic carbocycles. The van der Waals surface area contributed by atoms with Crippen LogP contribution in [0.25, 0.3) is 10.9 Å². The molecule has 0 atom stereocenters. The Balaban J connectivity index is 1.33. The van der Waals surface area contributed by atoms with E-state index in [2.05, 4.69) is 25.5 Å². The van der Waals surface area contributed by atoms with Crippen LogP contribution in [0.3, 0.4) is 0 Å². The van der Waals surface area contributed by atoms with Crippen molar-refractivity contribution in [2.24, 2.45) is 5.41 Å². The first-order chi connectivity index (χ1) is 16.9. The highest BCUT2D eigenvalue weighted by atomic mass is 35.5. The number of fused-ring (bicyclic) bond motifs is 1. The lowest BCUT2D eigenvalue weighted by molar-refractivity contribution is -0.112. The third kappa shape index (κ3) is 5.09. The van der Waals surface area contributed by atoms with E-state index >= 15 is 0 Å². The lowest BCUT2D eigenvalue weighted by atomic mass is 9.63. The van der Waals surface area contributed by atoms with E-state index < -0.39 is 5.82 Å². The maximum atomic E-state index is 13.5. The summed E-state index contributed by atoms with van der Waals surface area (Å²) in [5.74, 6) is 0.280. The molecule has 1 saturated heterocycles. The fourth-order valence-electron chi connectivity index (χ4n) is 4.77. The van der Waals surface area contributed by atoms with Crippen LogP contribution in [0.2, 0.25) is 5.02 Å². The van der Waals surface area contributed by atoms with Gasteiger partial charge in [-0.15, -0.1) is 0 Å². The van der Waals surface area contributed by atoms with Gasteiger partial charge in [0.05, 0.1) is 22.8 Å². The van der Waals surface area contributed by atoms with Gasteiger partial charge in [0.1, 0.15) is 23.7 Å². The lowest BCUT2D eigenvalue weighted by Gasteiger charge is -2.56. The largest absolute Gasteiger partial charge is 0.492 e. The predicted molar refractivity (Wildman–Crippen MR) is 136 cm³/mol. The summed E-state index contributed by atoms with van der Waals surface area (Å²) in [5, 5.41) is 6.74. The Morgan fingerprint density at radius 1 is 1.26 bits per heavy atom. The Bertz CT molecular complexity index is 1290. The molecule has 35 heavy (non-hydrogen) atoms. The SMILES string of the molecule is CCOc1cc2ncnc(Nc3ccc(F)c(Cl)c3)c2cc1NC(=O)/C=C/CN1CC2(CCC2)C1. The van der Waals surface area contributed by atoms with Crippen molar-refractivity contribution in [1.29, 1.82) is 0 Å². The summed E-state index contributed by atoms with van der Waals surface area (Å²) in [6.45, 7) is 5.35. The van der Waals surface area contributed by atoms with Crippen LogP contribution in [0.4, 0.5) is 21.6 Å². The van der Waals surface area contributed by atoms with E-state index in [1.54, 1.807) is 24.3 Å². The molecule has 9 heteroatoms. The van der Waals surface area contributed by atoms with Gasteiger partial charge in [-0.25, -0.2) is 14.4 Å². The van der Waals surface area contributed by atoms with Gasteiger partial charge in [0.15, 0.2) is 0 Å². The van der Waals surface area contributed by atoms with Gasteiger partial charge in [-0.2, -0.15) is 0 Å². The molecule has 2 heterocycles.